The van der Waals surface area contributed by atoms with Crippen LogP contribution >= 0.6 is 11.3 Å². The average molecular weight is 451 g/mol. The van der Waals surface area contributed by atoms with Gasteiger partial charge in [-0.15, -0.1) is 11.3 Å². The minimum absolute atomic E-state index is 0.232. The van der Waals surface area contributed by atoms with Crippen molar-refractivity contribution in [2.24, 2.45) is 0 Å². The van der Waals surface area contributed by atoms with E-state index < -0.39 is 0 Å². The normalized spacial score (nSPS) is 11.0. The van der Waals surface area contributed by atoms with Gasteiger partial charge in [-0.1, -0.05) is 38.0 Å². The van der Waals surface area contributed by atoms with E-state index in [-0.39, 0.29) is 5.91 Å². The van der Waals surface area contributed by atoms with Crippen LogP contribution in [0.3, 0.4) is 0 Å². The summed E-state index contributed by atoms with van der Waals surface area (Å²) >= 11 is 1.41. The number of benzene rings is 2. The molecule has 168 valence electrons. The number of thiazole rings is 1. The van der Waals surface area contributed by atoms with Crippen LogP contribution in [0, 0.1) is 13.8 Å². The molecule has 2 aromatic carbocycles. The van der Waals surface area contributed by atoms with E-state index in [0.717, 1.165) is 36.1 Å². The maximum absolute atomic E-state index is 12.4. The standard InChI is InChI=1S/C26H30N2O3S/c1-5-6-7-14-31-23-12-9-20(16-24(23)30-4)10-13-25(29)28-26-27-22(17-32-26)21-11-8-18(2)19(3)15-21/h8-13,15-17H,5-7,14H2,1-4H3,(H,27,28,29)/b13-10+. The fourth-order valence-electron chi connectivity index (χ4n) is 3.12. The van der Waals surface area contributed by atoms with E-state index in [0.29, 0.717) is 23.2 Å². The van der Waals surface area contributed by atoms with Gasteiger partial charge in [-0.25, -0.2) is 4.98 Å². The number of aromatic nitrogens is 1. The van der Waals surface area contributed by atoms with Gasteiger partial charge in [-0.2, -0.15) is 0 Å². The molecule has 5 nitrogen and oxygen atoms in total. The van der Waals surface area contributed by atoms with Crippen LogP contribution in [0.4, 0.5) is 5.13 Å². The second-order valence-electron chi connectivity index (χ2n) is 7.63. The van der Waals surface area contributed by atoms with Crippen molar-refractivity contribution in [3.63, 3.8) is 0 Å². The molecule has 0 bridgehead atoms. The molecular formula is C26H30N2O3S. The Morgan fingerprint density at radius 1 is 1.09 bits per heavy atom. The molecule has 0 saturated carbocycles. The predicted molar refractivity (Wildman–Crippen MR) is 133 cm³/mol. The maximum atomic E-state index is 12.4. The molecule has 0 saturated heterocycles. The molecule has 0 aliphatic carbocycles. The van der Waals surface area contributed by atoms with Crippen molar-refractivity contribution in [1.29, 1.82) is 0 Å². The second kappa shape index (κ2) is 11.5. The quantitative estimate of drug-likeness (QED) is 0.277. The van der Waals surface area contributed by atoms with Gasteiger partial charge in [0, 0.05) is 17.0 Å². The minimum atomic E-state index is -0.232. The van der Waals surface area contributed by atoms with Crippen LogP contribution in [-0.2, 0) is 4.79 Å². The van der Waals surface area contributed by atoms with Gasteiger partial charge in [0.1, 0.15) is 0 Å². The summed E-state index contributed by atoms with van der Waals surface area (Å²) in [6, 6.07) is 11.9. The Labute approximate surface area is 194 Å². The molecule has 0 spiro atoms. The molecule has 0 atom stereocenters. The smallest absolute Gasteiger partial charge is 0.250 e. The molecule has 1 amide bonds. The summed E-state index contributed by atoms with van der Waals surface area (Å²) in [5.41, 5.74) is 5.22. The van der Waals surface area contributed by atoms with Crippen LogP contribution in [0.25, 0.3) is 17.3 Å². The van der Waals surface area contributed by atoms with Crippen molar-refractivity contribution in [3.8, 4) is 22.8 Å². The molecule has 1 N–H and O–H groups in total. The number of ether oxygens (including phenoxy) is 2. The minimum Gasteiger partial charge on any atom is -0.493 e. The molecule has 0 fully saturated rings. The average Bonchev–Trinajstić information content (AvgIpc) is 3.26. The zero-order valence-electron chi connectivity index (χ0n) is 19.1. The third-order valence-corrected chi connectivity index (χ3v) is 5.92. The third-order valence-electron chi connectivity index (χ3n) is 5.16. The highest BCUT2D eigenvalue weighted by Crippen LogP contribution is 2.29. The highest BCUT2D eigenvalue weighted by atomic mass is 32.1. The van der Waals surface area contributed by atoms with E-state index in [1.54, 1.807) is 13.2 Å². The number of hydrogen-bond donors (Lipinski definition) is 1. The number of unbranched alkanes of at least 4 members (excludes halogenated alkanes) is 2. The number of anilines is 1. The summed E-state index contributed by atoms with van der Waals surface area (Å²) in [6.07, 6.45) is 6.55. The first kappa shape index (κ1) is 23.5. The monoisotopic (exact) mass is 450 g/mol. The number of methoxy groups -OCH3 is 1. The van der Waals surface area contributed by atoms with Gasteiger partial charge < -0.3 is 9.47 Å². The van der Waals surface area contributed by atoms with Crippen LogP contribution in [0.5, 0.6) is 11.5 Å². The molecule has 0 aliphatic rings. The molecule has 32 heavy (non-hydrogen) atoms. The van der Waals surface area contributed by atoms with E-state index in [9.17, 15) is 4.79 Å². The van der Waals surface area contributed by atoms with E-state index in [2.05, 4.69) is 43.2 Å². The number of aryl methyl sites for hydroxylation is 2. The number of hydrogen-bond acceptors (Lipinski definition) is 5. The van der Waals surface area contributed by atoms with Gasteiger partial charge in [-0.3, -0.25) is 10.1 Å². The number of nitrogens with one attached hydrogen (secondary N) is 1. The molecule has 6 heteroatoms. The van der Waals surface area contributed by atoms with Gasteiger partial charge in [0.25, 0.3) is 0 Å². The zero-order chi connectivity index (χ0) is 22.9. The van der Waals surface area contributed by atoms with Crippen molar-refractivity contribution in [3.05, 3.63) is 64.5 Å². The lowest BCUT2D eigenvalue weighted by atomic mass is 10.1. The van der Waals surface area contributed by atoms with Crippen molar-refractivity contribution >= 4 is 28.5 Å². The number of carbonyl (C=O) groups excluding carboxylic acids is 1. The van der Waals surface area contributed by atoms with Crippen molar-refractivity contribution in [1.82, 2.24) is 4.98 Å². The maximum Gasteiger partial charge on any atom is 0.250 e. The molecule has 3 aromatic rings. The van der Waals surface area contributed by atoms with Gasteiger partial charge in [0.15, 0.2) is 16.6 Å². The van der Waals surface area contributed by atoms with E-state index in [1.807, 2.05) is 29.6 Å². The van der Waals surface area contributed by atoms with E-state index in [4.69, 9.17) is 9.47 Å². The van der Waals surface area contributed by atoms with Crippen molar-refractivity contribution in [2.75, 3.05) is 19.0 Å². The number of nitrogens with zero attached hydrogens (tertiary/aromatic N) is 1. The lowest BCUT2D eigenvalue weighted by Crippen LogP contribution is -2.07. The highest BCUT2D eigenvalue weighted by Gasteiger charge is 2.08. The predicted octanol–water partition coefficient (Wildman–Crippen LogP) is 6.66. The summed E-state index contributed by atoms with van der Waals surface area (Å²) in [5.74, 6) is 1.14. The SMILES string of the molecule is CCCCCOc1ccc(/C=C/C(=O)Nc2nc(-c3ccc(C)c(C)c3)cs2)cc1OC. The Bertz CT molecular complexity index is 1090. The number of amides is 1. The van der Waals surface area contributed by atoms with Gasteiger partial charge >= 0.3 is 0 Å². The van der Waals surface area contributed by atoms with E-state index >= 15 is 0 Å². The molecule has 1 aromatic heterocycles. The lowest BCUT2D eigenvalue weighted by Gasteiger charge is -2.11. The molecular weight excluding hydrogens is 420 g/mol. The summed E-state index contributed by atoms with van der Waals surface area (Å²) in [6.45, 7) is 7.00. The topological polar surface area (TPSA) is 60.5 Å². The Kier molecular flexibility index (Phi) is 8.45. The summed E-state index contributed by atoms with van der Waals surface area (Å²) in [5, 5.41) is 5.36. The Hall–Kier alpha value is -3.12. The number of rotatable bonds is 10. The van der Waals surface area contributed by atoms with Crippen LogP contribution in [-0.4, -0.2) is 24.6 Å². The van der Waals surface area contributed by atoms with Crippen molar-refractivity contribution < 1.29 is 14.3 Å². The Morgan fingerprint density at radius 3 is 2.69 bits per heavy atom. The summed E-state index contributed by atoms with van der Waals surface area (Å²) in [7, 11) is 1.62. The van der Waals surface area contributed by atoms with E-state index in [1.165, 1.54) is 28.5 Å². The highest BCUT2D eigenvalue weighted by molar-refractivity contribution is 7.14. The largest absolute Gasteiger partial charge is 0.493 e. The Balaban J connectivity index is 1.60. The first-order chi connectivity index (χ1) is 15.5. The van der Waals surface area contributed by atoms with Crippen LogP contribution < -0.4 is 14.8 Å². The summed E-state index contributed by atoms with van der Waals surface area (Å²) in [4.78, 5) is 16.9. The first-order valence-electron chi connectivity index (χ1n) is 10.8. The fraction of sp³-hybridized carbons (Fsp3) is 0.308. The van der Waals surface area contributed by atoms with Gasteiger partial charge in [0.05, 0.1) is 19.4 Å². The first-order valence-corrected chi connectivity index (χ1v) is 11.7. The molecule has 0 aliphatic heterocycles. The summed E-state index contributed by atoms with van der Waals surface area (Å²) < 4.78 is 11.2. The zero-order valence-corrected chi connectivity index (χ0v) is 19.9. The molecule has 1 heterocycles. The lowest BCUT2D eigenvalue weighted by molar-refractivity contribution is -0.111. The molecule has 0 unspecified atom stereocenters. The Morgan fingerprint density at radius 2 is 1.94 bits per heavy atom. The van der Waals surface area contributed by atoms with Crippen LogP contribution in [0.15, 0.2) is 47.9 Å². The van der Waals surface area contributed by atoms with Crippen LogP contribution in [0.2, 0.25) is 0 Å². The van der Waals surface area contributed by atoms with Gasteiger partial charge in [-0.05, 0) is 61.2 Å². The number of carbonyl (C=O) groups is 1. The van der Waals surface area contributed by atoms with Gasteiger partial charge in [0.2, 0.25) is 5.91 Å². The molecule has 3 rings (SSSR count). The van der Waals surface area contributed by atoms with Crippen molar-refractivity contribution in [2.45, 2.75) is 40.0 Å². The second-order valence-corrected chi connectivity index (χ2v) is 8.48. The third kappa shape index (κ3) is 6.44. The fourth-order valence-corrected chi connectivity index (χ4v) is 3.85. The van der Waals surface area contributed by atoms with Crippen LogP contribution in [0.1, 0.15) is 42.9 Å². The molecule has 0 radical (unpaired) electrons.